The van der Waals surface area contributed by atoms with Gasteiger partial charge in [0.15, 0.2) is 11.6 Å². The first-order valence-corrected chi connectivity index (χ1v) is 8.26. The number of para-hydroxylation sites is 1. The number of aromatic nitrogens is 5. The summed E-state index contributed by atoms with van der Waals surface area (Å²) in [6, 6.07) is 5.34. The van der Waals surface area contributed by atoms with Crippen molar-refractivity contribution >= 4 is 5.91 Å². The molecule has 1 fully saturated rings. The molecule has 0 spiro atoms. The van der Waals surface area contributed by atoms with Crippen molar-refractivity contribution in [1.29, 1.82) is 0 Å². The Labute approximate surface area is 147 Å². The van der Waals surface area contributed by atoms with Gasteiger partial charge in [0, 0.05) is 31.3 Å². The Balaban J connectivity index is 1.47. The molecule has 26 heavy (non-hydrogen) atoms. The molecule has 0 saturated carbocycles. The molecule has 0 bridgehead atoms. The van der Waals surface area contributed by atoms with Crippen LogP contribution in [0.3, 0.4) is 0 Å². The van der Waals surface area contributed by atoms with Crippen molar-refractivity contribution in [3.05, 3.63) is 59.7 Å². The fourth-order valence-corrected chi connectivity index (χ4v) is 3.05. The summed E-state index contributed by atoms with van der Waals surface area (Å²) in [5, 5.41) is 15.1. The second-order valence-corrected chi connectivity index (χ2v) is 6.21. The highest BCUT2D eigenvalue weighted by Gasteiger charge is 2.25. The largest absolute Gasteiger partial charge is 0.356 e. The average molecular weight is 358 g/mol. The van der Waals surface area contributed by atoms with Crippen LogP contribution < -0.4 is 5.32 Å². The van der Waals surface area contributed by atoms with E-state index in [2.05, 4.69) is 20.7 Å². The van der Waals surface area contributed by atoms with E-state index >= 15 is 0 Å². The van der Waals surface area contributed by atoms with E-state index in [1.807, 2.05) is 0 Å². The van der Waals surface area contributed by atoms with Crippen molar-refractivity contribution < 1.29 is 13.6 Å². The molecule has 1 amide bonds. The number of benzene rings is 1. The van der Waals surface area contributed by atoms with Crippen LogP contribution in [0.25, 0.3) is 5.69 Å². The lowest BCUT2D eigenvalue weighted by Gasteiger charge is -2.04. The lowest BCUT2D eigenvalue weighted by molar-refractivity contribution is -0.122. The maximum Gasteiger partial charge on any atom is 0.223 e. The minimum Gasteiger partial charge on any atom is -0.356 e. The normalized spacial score (nSPS) is 16.8. The highest BCUT2D eigenvalue weighted by molar-refractivity contribution is 5.80. The van der Waals surface area contributed by atoms with E-state index in [0.717, 1.165) is 12.1 Å². The lowest BCUT2D eigenvalue weighted by Crippen LogP contribution is -2.20. The van der Waals surface area contributed by atoms with Crippen molar-refractivity contribution in [1.82, 2.24) is 30.1 Å². The number of hydrogen-bond acceptors (Lipinski definition) is 4. The van der Waals surface area contributed by atoms with Crippen molar-refractivity contribution in [3.63, 3.8) is 0 Å². The second kappa shape index (κ2) is 6.66. The van der Waals surface area contributed by atoms with E-state index in [0.29, 0.717) is 25.2 Å². The highest BCUT2D eigenvalue weighted by atomic mass is 19.1. The van der Waals surface area contributed by atoms with E-state index in [9.17, 15) is 13.6 Å². The number of hydrogen-bond donors (Lipinski definition) is 1. The highest BCUT2D eigenvalue weighted by Crippen LogP contribution is 2.17. The average Bonchev–Trinajstić information content (AvgIpc) is 3.32. The Bertz CT molecular complexity index is 930. The maximum atomic E-state index is 13.8. The van der Waals surface area contributed by atoms with Gasteiger partial charge in [-0.15, -0.1) is 5.10 Å². The second-order valence-electron chi connectivity index (χ2n) is 6.21. The van der Waals surface area contributed by atoms with E-state index in [-0.39, 0.29) is 17.5 Å². The fourth-order valence-electron chi connectivity index (χ4n) is 3.05. The van der Waals surface area contributed by atoms with Gasteiger partial charge in [-0.1, -0.05) is 11.3 Å². The third-order valence-electron chi connectivity index (χ3n) is 4.34. The first-order valence-electron chi connectivity index (χ1n) is 8.26. The van der Waals surface area contributed by atoms with Crippen LogP contribution in [0.5, 0.6) is 0 Å². The van der Waals surface area contributed by atoms with Gasteiger partial charge in [0.2, 0.25) is 5.91 Å². The predicted octanol–water partition coefficient (Wildman–Crippen LogP) is 1.47. The smallest absolute Gasteiger partial charge is 0.223 e. The topological polar surface area (TPSA) is 77.6 Å². The molecule has 1 aliphatic heterocycles. The monoisotopic (exact) mass is 358 g/mol. The number of halogens is 2. The number of nitrogens with one attached hydrogen (secondary N) is 1. The van der Waals surface area contributed by atoms with Gasteiger partial charge in [0.05, 0.1) is 17.9 Å². The zero-order valence-electron chi connectivity index (χ0n) is 13.8. The van der Waals surface area contributed by atoms with Gasteiger partial charge in [-0.25, -0.2) is 18.1 Å². The summed E-state index contributed by atoms with van der Waals surface area (Å²) in [6.45, 7) is 1.01. The molecule has 9 heteroatoms. The zero-order chi connectivity index (χ0) is 18.1. The van der Waals surface area contributed by atoms with Crippen LogP contribution in [-0.2, 0) is 17.8 Å². The standard InChI is InChI=1S/C17H16F2N6O/c18-14-2-1-3-15(19)16(14)25-7-5-12(22-25)9-24-10-13(21-23-24)8-11-4-6-20-17(11)26/h1-3,5,7,10-11H,4,6,8-9H2,(H,20,26). The summed E-state index contributed by atoms with van der Waals surface area (Å²) in [5.74, 6) is -1.39. The molecule has 7 nitrogen and oxygen atoms in total. The Morgan fingerprint density at radius 2 is 2.00 bits per heavy atom. The van der Waals surface area contributed by atoms with Crippen molar-refractivity contribution in [2.75, 3.05) is 6.54 Å². The van der Waals surface area contributed by atoms with Crippen LogP contribution in [0.4, 0.5) is 8.78 Å². The first kappa shape index (κ1) is 16.4. The first-order chi connectivity index (χ1) is 12.6. The van der Waals surface area contributed by atoms with Crippen LogP contribution in [-0.4, -0.2) is 37.2 Å². The predicted molar refractivity (Wildman–Crippen MR) is 87.4 cm³/mol. The van der Waals surface area contributed by atoms with Gasteiger partial charge in [-0.3, -0.25) is 4.79 Å². The Morgan fingerprint density at radius 3 is 2.73 bits per heavy atom. The fraction of sp³-hybridized carbons (Fsp3) is 0.294. The van der Waals surface area contributed by atoms with Gasteiger partial charge in [-0.05, 0) is 24.6 Å². The van der Waals surface area contributed by atoms with E-state index in [1.54, 1.807) is 16.9 Å². The molecule has 1 unspecified atom stereocenters. The van der Waals surface area contributed by atoms with Gasteiger partial charge in [0.1, 0.15) is 5.69 Å². The minimum absolute atomic E-state index is 0.0465. The molecule has 2 aromatic heterocycles. The molecule has 1 saturated heterocycles. The lowest BCUT2D eigenvalue weighted by atomic mass is 10.0. The van der Waals surface area contributed by atoms with Crippen molar-refractivity contribution in [2.45, 2.75) is 19.4 Å². The summed E-state index contributed by atoms with van der Waals surface area (Å²) in [7, 11) is 0. The molecule has 1 aliphatic rings. The zero-order valence-corrected chi connectivity index (χ0v) is 13.8. The number of carbonyl (C=O) groups is 1. The molecule has 0 aliphatic carbocycles. The van der Waals surface area contributed by atoms with Crippen molar-refractivity contribution in [2.24, 2.45) is 5.92 Å². The molecule has 3 heterocycles. The number of nitrogens with zero attached hydrogens (tertiary/aromatic N) is 5. The van der Waals surface area contributed by atoms with Crippen LogP contribution in [0, 0.1) is 17.6 Å². The van der Waals surface area contributed by atoms with Gasteiger partial charge < -0.3 is 5.32 Å². The van der Waals surface area contributed by atoms with Crippen molar-refractivity contribution in [3.8, 4) is 5.69 Å². The summed E-state index contributed by atoms with van der Waals surface area (Å²) in [5.41, 5.74) is 1.10. The Kier molecular flexibility index (Phi) is 4.19. The van der Waals surface area contributed by atoms with E-state index < -0.39 is 11.6 Å². The van der Waals surface area contributed by atoms with Crippen LogP contribution in [0.15, 0.2) is 36.7 Å². The SMILES string of the molecule is O=C1NCCC1Cc1cn(Cc2ccn(-c3c(F)cccc3F)n2)nn1. The van der Waals surface area contributed by atoms with E-state index in [1.165, 1.54) is 29.1 Å². The third kappa shape index (κ3) is 3.19. The van der Waals surface area contributed by atoms with Gasteiger partial charge >= 0.3 is 0 Å². The summed E-state index contributed by atoms with van der Waals surface area (Å²) < 4.78 is 30.4. The van der Waals surface area contributed by atoms with E-state index in [4.69, 9.17) is 0 Å². The van der Waals surface area contributed by atoms with Crippen LogP contribution in [0.1, 0.15) is 17.8 Å². The molecule has 1 N–H and O–H groups in total. The number of carbonyl (C=O) groups excluding carboxylic acids is 1. The molecule has 4 rings (SSSR count). The summed E-state index contributed by atoms with van der Waals surface area (Å²) in [6.07, 6.45) is 4.59. The number of rotatable bonds is 5. The number of amides is 1. The molecule has 1 aromatic carbocycles. The maximum absolute atomic E-state index is 13.8. The van der Waals surface area contributed by atoms with Gasteiger partial charge in [-0.2, -0.15) is 5.10 Å². The minimum atomic E-state index is -0.683. The van der Waals surface area contributed by atoms with Gasteiger partial charge in [0.25, 0.3) is 0 Å². The molecule has 134 valence electrons. The summed E-state index contributed by atoms with van der Waals surface area (Å²) >= 11 is 0. The Morgan fingerprint density at radius 1 is 1.19 bits per heavy atom. The molecular weight excluding hydrogens is 342 g/mol. The molecule has 3 aromatic rings. The van der Waals surface area contributed by atoms with Crippen LogP contribution >= 0.6 is 0 Å². The van der Waals surface area contributed by atoms with Crippen LogP contribution in [0.2, 0.25) is 0 Å². The molecule has 0 radical (unpaired) electrons. The molecule has 1 atom stereocenters. The Hall–Kier alpha value is -3.10. The molecular formula is C17H16F2N6O. The quantitative estimate of drug-likeness (QED) is 0.749. The summed E-state index contributed by atoms with van der Waals surface area (Å²) in [4.78, 5) is 11.6. The third-order valence-corrected chi connectivity index (χ3v) is 4.34.